The van der Waals surface area contributed by atoms with Crippen molar-refractivity contribution in [2.24, 2.45) is 7.05 Å². The maximum Gasteiger partial charge on any atom is 0.319 e. The molecule has 1 heterocycles. The first-order valence-electron chi connectivity index (χ1n) is 9.02. The van der Waals surface area contributed by atoms with E-state index in [0.717, 1.165) is 38.5 Å². The van der Waals surface area contributed by atoms with Gasteiger partial charge in [0.25, 0.3) is 5.56 Å². The quantitative estimate of drug-likeness (QED) is 0.890. The molecule has 6 nitrogen and oxygen atoms in total. The van der Waals surface area contributed by atoms with Gasteiger partial charge < -0.3 is 19.9 Å². The summed E-state index contributed by atoms with van der Waals surface area (Å²) in [7, 11) is 1.66. The summed E-state index contributed by atoms with van der Waals surface area (Å²) < 4.78 is 7.70. The summed E-state index contributed by atoms with van der Waals surface area (Å²) in [6, 6.07) is 3.05. The molecule has 0 aliphatic heterocycles. The highest BCUT2D eigenvalue weighted by Crippen LogP contribution is 2.28. The summed E-state index contributed by atoms with van der Waals surface area (Å²) in [4.78, 5) is 24.3. The molecule has 0 spiro atoms. The summed E-state index contributed by atoms with van der Waals surface area (Å²) in [6.07, 6.45) is 11.0. The summed E-state index contributed by atoms with van der Waals surface area (Å²) in [6.45, 7) is 0. The number of urea groups is 1. The van der Waals surface area contributed by atoms with E-state index in [1.807, 2.05) is 0 Å². The number of hydrogen-bond donors (Lipinski definition) is 2. The first-order valence-corrected chi connectivity index (χ1v) is 9.02. The highest BCUT2D eigenvalue weighted by atomic mass is 16.5. The fourth-order valence-corrected chi connectivity index (χ4v) is 3.72. The molecule has 2 saturated carbocycles. The van der Waals surface area contributed by atoms with E-state index in [1.165, 1.54) is 17.4 Å². The molecule has 0 aromatic carbocycles. The fourth-order valence-electron chi connectivity index (χ4n) is 3.72. The van der Waals surface area contributed by atoms with E-state index in [4.69, 9.17) is 4.74 Å². The first kappa shape index (κ1) is 17.0. The van der Waals surface area contributed by atoms with Crippen LogP contribution < -0.4 is 16.2 Å². The smallest absolute Gasteiger partial charge is 0.319 e. The average Bonchev–Trinajstić information content (AvgIpc) is 3.07. The zero-order valence-corrected chi connectivity index (χ0v) is 14.3. The van der Waals surface area contributed by atoms with Gasteiger partial charge in [-0.3, -0.25) is 4.79 Å². The van der Waals surface area contributed by atoms with Crippen molar-refractivity contribution in [1.82, 2.24) is 9.88 Å². The second kappa shape index (κ2) is 7.83. The van der Waals surface area contributed by atoms with Crippen LogP contribution in [0.25, 0.3) is 0 Å². The number of amides is 2. The van der Waals surface area contributed by atoms with Gasteiger partial charge in [-0.25, -0.2) is 4.79 Å². The number of rotatable bonds is 4. The SMILES string of the molecule is Cn1cccc(NC(=O)N[C@H]2CCCC[C@H]2OC2CCCC2)c1=O. The van der Waals surface area contributed by atoms with E-state index >= 15 is 0 Å². The predicted octanol–water partition coefficient (Wildman–Crippen LogP) is 2.78. The minimum absolute atomic E-state index is 0.0203. The van der Waals surface area contributed by atoms with E-state index in [-0.39, 0.29) is 23.7 Å². The number of carbonyl (C=O) groups excluding carboxylic acids is 1. The molecule has 0 radical (unpaired) electrons. The van der Waals surface area contributed by atoms with Crippen LogP contribution in [0.4, 0.5) is 10.5 Å². The van der Waals surface area contributed by atoms with E-state index in [0.29, 0.717) is 11.8 Å². The molecular formula is C18H27N3O3. The topological polar surface area (TPSA) is 72.4 Å². The summed E-state index contributed by atoms with van der Waals surface area (Å²) in [5.74, 6) is 0. The molecule has 24 heavy (non-hydrogen) atoms. The van der Waals surface area contributed by atoms with Crippen molar-refractivity contribution in [3.8, 4) is 0 Å². The number of nitrogens with zero attached hydrogens (tertiary/aromatic N) is 1. The lowest BCUT2D eigenvalue weighted by Gasteiger charge is -2.34. The van der Waals surface area contributed by atoms with E-state index in [1.54, 1.807) is 25.4 Å². The molecule has 1 aromatic heterocycles. The minimum Gasteiger partial charge on any atom is -0.373 e. The van der Waals surface area contributed by atoms with Crippen LogP contribution >= 0.6 is 0 Å². The van der Waals surface area contributed by atoms with Gasteiger partial charge in [0.15, 0.2) is 0 Å². The van der Waals surface area contributed by atoms with Crippen LogP contribution in [0.15, 0.2) is 23.1 Å². The van der Waals surface area contributed by atoms with Crippen LogP contribution in [0.3, 0.4) is 0 Å². The number of anilines is 1. The van der Waals surface area contributed by atoms with Gasteiger partial charge in [-0.1, -0.05) is 25.7 Å². The first-order chi connectivity index (χ1) is 11.6. The van der Waals surface area contributed by atoms with Gasteiger partial charge >= 0.3 is 6.03 Å². The Balaban J connectivity index is 1.58. The van der Waals surface area contributed by atoms with Crippen molar-refractivity contribution in [1.29, 1.82) is 0 Å². The molecule has 3 rings (SSSR count). The maximum absolute atomic E-state index is 12.3. The summed E-state index contributed by atoms with van der Waals surface area (Å²) in [5, 5.41) is 5.69. The molecule has 2 atom stereocenters. The number of nitrogens with one attached hydrogen (secondary N) is 2. The van der Waals surface area contributed by atoms with Gasteiger partial charge in [0, 0.05) is 13.2 Å². The second-order valence-electron chi connectivity index (χ2n) is 6.91. The monoisotopic (exact) mass is 333 g/mol. The third-order valence-electron chi connectivity index (χ3n) is 5.06. The molecule has 0 saturated heterocycles. The lowest BCUT2D eigenvalue weighted by molar-refractivity contribution is -0.0407. The van der Waals surface area contributed by atoms with Gasteiger partial charge in [-0.2, -0.15) is 0 Å². The maximum atomic E-state index is 12.3. The second-order valence-corrected chi connectivity index (χ2v) is 6.91. The minimum atomic E-state index is -0.328. The molecule has 0 unspecified atom stereocenters. The van der Waals surface area contributed by atoms with E-state index in [9.17, 15) is 9.59 Å². The number of pyridine rings is 1. The van der Waals surface area contributed by atoms with Crippen molar-refractivity contribution < 1.29 is 9.53 Å². The highest BCUT2D eigenvalue weighted by Gasteiger charge is 2.30. The third kappa shape index (κ3) is 4.17. The number of aromatic nitrogens is 1. The predicted molar refractivity (Wildman–Crippen MR) is 93.2 cm³/mol. The molecule has 2 fully saturated rings. The van der Waals surface area contributed by atoms with Crippen LogP contribution in [0.1, 0.15) is 51.4 Å². The lowest BCUT2D eigenvalue weighted by atomic mass is 9.92. The Labute approximate surface area is 142 Å². The molecule has 2 aliphatic rings. The molecule has 6 heteroatoms. The van der Waals surface area contributed by atoms with Gasteiger partial charge in [0.1, 0.15) is 5.69 Å². The molecule has 132 valence electrons. The Morgan fingerprint density at radius 3 is 2.67 bits per heavy atom. The normalized spacial score (nSPS) is 24.7. The molecule has 0 bridgehead atoms. The summed E-state index contributed by atoms with van der Waals surface area (Å²) in [5.41, 5.74) is 0.0802. The third-order valence-corrected chi connectivity index (χ3v) is 5.06. The van der Waals surface area contributed by atoms with Crippen LogP contribution in [0.2, 0.25) is 0 Å². The number of carbonyl (C=O) groups is 1. The Hall–Kier alpha value is -1.82. The molecule has 1 aromatic rings. The zero-order valence-electron chi connectivity index (χ0n) is 14.3. The van der Waals surface area contributed by atoms with Crippen LogP contribution in [0, 0.1) is 0 Å². The number of hydrogen-bond acceptors (Lipinski definition) is 3. The van der Waals surface area contributed by atoms with Gasteiger partial charge in [-0.05, 0) is 37.8 Å². The zero-order chi connectivity index (χ0) is 16.9. The Bertz CT molecular complexity index is 622. The Morgan fingerprint density at radius 1 is 1.17 bits per heavy atom. The molecule has 2 aliphatic carbocycles. The van der Waals surface area contributed by atoms with Crippen LogP contribution in [-0.2, 0) is 11.8 Å². The largest absolute Gasteiger partial charge is 0.373 e. The van der Waals surface area contributed by atoms with Crippen LogP contribution in [-0.4, -0.2) is 28.8 Å². The molecule has 2 amide bonds. The fraction of sp³-hybridized carbons (Fsp3) is 0.667. The average molecular weight is 333 g/mol. The summed E-state index contributed by atoms with van der Waals surface area (Å²) >= 11 is 0. The van der Waals surface area contributed by atoms with Crippen molar-refractivity contribution in [2.75, 3.05) is 5.32 Å². The van der Waals surface area contributed by atoms with Gasteiger partial charge in [0.2, 0.25) is 0 Å². The van der Waals surface area contributed by atoms with Crippen molar-refractivity contribution in [3.63, 3.8) is 0 Å². The van der Waals surface area contributed by atoms with Crippen molar-refractivity contribution in [2.45, 2.75) is 69.6 Å². The lowest BCUT2D eigenvalue weighted by Crippen LogP contribution is -2.49. The Morgan fingerprint density at radius 2 is 1.88 bits per heavy atom. The van der Waals surface area contributed by atoms with Gasteiger partial charge in [0.05, 0.1) is 18.2 Å². The number of ether oxygens (including phenoxy) is 1. The molecule has 2 N–H and O–H groups in total. The Kier molecular flexibility index (Phi) is 5.56. The van der Waals surface area contributed by atoms with Crippen LogP contribution in [0.5, 0.6) is 0 Å². The molecular weight excluding hydrogens is 306 g/mol. The van der Waals surface area contributed by atoms with Gasteiger partial charge in [-0.15, -0.1) is 0 Å². The highest BCUT2D eigenvalue weighted by molar-refractivity contribution is 5.89. The van der Waals surface area contributed by atoms with E-state index < -0.39 is 0 Å². The van der Waals surface area contributed by atoms with Crippen molar-refractivity contribution in [3.05, 3.63) is 28.7 Å². The van der Waals surface area contributed by atoms with E-state index in [2.05, 4.69) is 10.6 Å². The number of aryl methyl sites for hydroxylation is 1. The van der Waals surface area contributed by atoms with Crippen molar-refractivity contribution >= 4 is 11.7 Å². The standard InChI is InChI=1S/C18H27N3O3/c1-21-12-6-10-15(17(21)22)20-18(23)19-14-9-4-5-11-16(14)24-13-7-2-3-8-13/h6,10,12-14,16H,2-5,7-9,11H2,1H3,(H2,19,20,23)/t14-,16+/m0/s1.